The molecule has 10 nitrogen and oxygen atoms in total. The third kappa shape index (κ3) is 6.23. The maximum Gasteiger partial charge on any atom is 0.511 e. The zero-order valence-electron chi connectivity index (χ0n) is 19.6. The lowest BCUT2D eigenvalue weighted by molar-refractivity contribution is -0.0447. The Kier molecular flexibility index (Phi) is 7.89. The molecule has 0 atom stereocenters. The van der Waals surface area contributed by atoms with Crippen molar-refractivity contribution in [2.75, 3.05) is 24.3 Å². The fraction of sp³-hybridized carbons (Fsp3) is 0.227. The molecule has 2 aromatic heterocycles. The number of hydrogen-bond acceptors (Lipinski definition) is 8. The van der Waals surface area contributed by atoms with Crippen LogP contribution in [0.3, 0.4) is 0 Å². The lowest BCUT2D eigenvalue weighted by atomic mass is 10.2. The topological polar surface area (TPSA) is 123 Å². The number of alkyl halides is 3. The van der Waals surface area contributed by atoms with Crippen molar-refractivity contribution >= 4 is 55.7 Å². The molecular formula is C22H20ClF4N7O3S. The Morgan fingerprint density at radius 3 is 2.53 bits per heavy atom. The molecule has 0 fully saturated rings. The average Bonchev–Trinajstić information content (AvgIpc) is 3.25. The zero-order chi connectivity index (χ0) is 27.5. The number of nitrogens with zero attached hydrogens (tertiary/aromatic N) is 4. The Balaban J connectivity index is 1.42. The second kappa shape index (κ2) is 11.0. The number of hydrogen-bond donors (Lipinski definition) is 3. The van der Waals surface area contributed by atoms with Gasteiger partial charge in [-0.25, -0.2) is 22.5 Å². The largest absolute Gasteiger partial charge is 0.511 e. The van der Waals surface area contributed by atoms with Gasteiger partial charge in [0.25, 0.3) is 0 Å². The maximum atomic E-state index is 14.3. The quantitative estimate of drug-likeness (QED) is 0.180. The van der Waals surface area contributed by atoms with Crippen molar-refractivity contribution in [2.24, 2.45) is 0 Å². The van der Waals surface area contributed by atoms with Gasteiger partial charge < -0.3 is 15.4 Å². The third-order valence-corrected chi connectivity index (χ3v) is 6.69. The number of halogens is 5. The van der Waals surface area contributed by atoms with Gasteiger partial charge in [0.15, 0.2) is 11.6 Å². The van der Waals surface area contributed by atoms with E-state index in [0.717, 1.165) is 6.20 Å². The van der Waals surface area contributed by atoms with E-state index in [1.807, 2.05) is 0 Å². The summed E-state index contributed by atoms with van der Waals surface area (Å²) in [5.41, 5.74) is -3.63. The highest BCUT2D eigenvalue weighted by molar-refractivity contribution is 7.90. The Morgan fingerprint density at radius 2 is 1.82 bits per heavy atom. The van der Waals surface area contributed by atoms with Crippen LogP contribution in [0.25, 0.3) is 10.9 Å². The van der Waals surface area contributed by atoms with Crippen LogP contribution in [0.4, 0.5) is 40.7 Å². The molecule has 4 rings (SSSR count). The van der Waals surface area contributed by atoms with Crippen LogP contribution < -0.4 is 20.1 Å². The van der Waals surface area contributed by atoms with Gasteiger partial charge in [0.05, 0.1) is 30.0 Å². The Labute approximate surface area is 219 Å². The number of nitrogens with one attached hydrogen (secondary N) is 3. The lowest BCUT2D eigenvalue weighted by Crippen LogP contribution is -2.37. The van der Waals surface area contributed by atoms with Crippen LogP contribution in [0, 0.1) is 5.82 Å². The number of rotatable bonds is 10. The Morgan fingerprint density at radius 1 is 1.08 bits per heavy atom. The van der Waals surface area contributed by atoms with Gasteiger partial charge in [-0.15, -0.1) is 0 Å². The van der Waals surface area contributed by atoms with Crippen LogP contribution in [0.15, 0.2) is 48.8 Å². The van der Waals surface area contributed by atoms with Crippen molar-refractivity contribution in [1.29, 1.82) is 0 Å². The summed E-state index contributed by atoms with van der Waals surface area (Å²) in [4.78, 5) is 8.12. The van der Waals surface area contributed by atoms with Gasteiger partial charge in [-0.2, -0.15) is 23.3 Å². The van der Waals surface area contributed by atoms with Crippen LogP contribution in [0.2, 0.25) is 5.02 Å². The normalized spacial score (nSPS) is 12.1. The number of anilines is 4. The molecule has 202 valence electrons. The predicted octanol–water partition coefficient (Wildman–Crippen LogP) is 4.94. The molecule has 0 radical (unpaired) electrons. The number of aromatic nitrogens is 4. The summed E-state index contributed by atoms with van der Waals surface area (Å²) in [6.45, 7) is -0.216. The van der Waals surface area contributed by atoms with E-state index < -0.39 is 27.9 Å². The molecule has 16 heteroatoms. The first kappa shape index (κ1) is 27.3. The summed E-state index contributed by atoms with van der Waals surface area (Å²) < 4.78 is 81.8. The molecule has 4 aromatic rings. The number of sulfonamides is 1. The summed E-state index contributed by atoms with van der Waals surface area (Å²) in [6, 6.07) is 9.97. The number of benzene rings is 2. The van der Waals surface area contributed by atoms with Gasteiger partial charge >= 0.3 is 15.5 Å². The van der Waals surface area contributed by atoms with Gasteiger partial charge in [-0.05, 0) is 42.8 Å². The lowest BCUT2D eigenvalue weighted by Gasteiger charge is -2.11. The number of methoxy groups -OCH3 is 1. The van der Waals surface area contributed by atoms with Crippen molar-refractivity contribution < 1.29 is 30.7 Å². The van der Waals surface area contributed by atoms with Crippen LogP contribution in [0.5, 0.6) is 5.75 Å². The van der Waals surface area contributed by atoms with Crippen molar-refractivity contribution in [3.8, 4) is 5.75 Å². The van der Waals surface area contributed by atoms with Gasteiger partial charge in [-0.1, -0.05) is 11.6 Å². The highest BCUT2D eigenvalue weighted by Gasteiger charge is 2.45. The summed E-state index contributed by atoms with van der Waals surface area (Å²) in [6.07, 6.45) is 2.64. The number of aryl methyl sites for hydroxylation is 1. The summed E-state index contributed by atoms with van der Waals surface area (Å²) >= 11 is 6.11. The van der Waals surface area contributed by atoms with E-state index in [2.05, 4.69) is 25.7 Å². The zero-order valence-corrected chi connectivity index (χ0v) is 21.1. The molecule has 3 N–H and O–H groups in total. The van der Waals surface area contributed by atoms with Gasteiger partial charge in [-0.3, -0.25) is 4.68 Å². The van der Waals surface area contributed by atoms with E-state index in [9.17, 15) is 26.0 Å². The minimum Gasteiger partial charge on any atom is -0.495 e. The number of ether oxygens (including phenoxy) is 1. The molecule has 0 aliphatic rings. The molecule has 0 bridgehead atoms. The van der Waals surface area contributed by atoms with Crippen molar-refractivity contribution in [2.45, 2.75) is 18.5 Å². The molecule has 0 aliphatic heterocycles. The highest BCUT2D eigenvalue weighted by Crippen LogP contribution is 2.29. The van der Waals surface area contributed by atoms with Crippen LogP contribution in [0.1, 0.15) is 6.42 Å². The molecule has 0 amide bonds. The molecule has 0 spiro atoms. The molecular weight excluding hydrogens is 554 g/mol. The van der Waals surface area contributed by atoms with E-state index in [4.69, 9.17) is 16.3 Å². The molecule has 2 aromatic carbocycles. The standard InChI is InChI=1S/C22H20ClF4N7O3S/c1-37-19-6-4-15(10-16(19)23)31-20-17(24)12-28-21(33-20)32-14-3-5-18-13(9-14)11-29-34(18)8-2-7-30-38(35,36)22(25,26)27/h3-6,9-12,30H,2,7-8H2,1H3,(H2,28,31,32,33). The van der Waals surface area contributed by atoms with Crippen molar-refractivity contribution in [1.82, 2.24) is 24.5 Å². The summed E-state index contributed by atoms with van der Waals surface area (Å²) in [7, 11) is -3.90. The van der Waals surface area contributed by atoms with Gasteiger partial charge in [0.1, 0.15) is 5.75 Å². The van der Waals surface area contributed by atoms with Crippen molar-refractivity contribution in [3.05, 3.63) is 59.6 Å². The smallest absolute Gasteiger partial charge is 0.495 e. The minimum absolute atomic E-state index is 0.0845. The van der Waals surface area contributed by atoms with Crippen molar-refractivity contribution in [3.63, 3.8) is 0 Å². The second-order valence-corrected chi connectivity index (χ2v) is 9.99. The number of fused-ring (bicyclic) bond motifs is 1. The maximum absolute atomic E-state index is 14.3. The first-order valence-electron chi connectivity index (χ1n) is 10.9. The first-order chi connectivity index (χ1) is 18.0. The SMILES string of the molecule is COc1ccc(Nc2nc(Nc3ccc4c(cnn4CCCNS(=O)(=O)C(F)(F)F)c3)ncc2F)cc1Cl. The van der Waals surface area contributed by atoms with Crippen LogP contribution >= 0.6 is 11.6 Å². The van der Waals surface area contributed by atoms with E-state index in [1.165, 1.54) is 16.5 Å². The summed E-state index contributed by atoms with van der Waals surface area (Å²) in [5, 5.41) is 11.0. The van der Waals surface area contributed by atoms with Crippen LogP contribution in [-0.2, 0) is 16.6 Å². The van der Waals surface area contributed by atoms with Gasteiger partial charge in [0.2, 0.25) is 5.95 Å². The van der Waals surface area contributed by atoms with E-state index >= 15 is 0 Å². The minimum atomic E-state index is -5.38. The monoisotopic (exact) mass is 573 g/mol. The Hall–Kier alpha value is -3.69. The van der Waals surface area contributed by atoms with E-state index in [-0.39, 0.29) is 24.7 Å². The second-order valence-electron chi connectivity index (χ2n) is 7.83. The molecule has 0 unspecified atom stereocenters. The molecule has 0 saturated carbocycles. The average molecular weight is 574 g/mol. The van der Waals surface area contributed by atoms with Crippen LogP contribution in [-0.4, -0.2) is 47.3 Å². The Bertz CT molecular complexity index is 1560. The first-order valence-corrected chi connectivity index (χ1v) is 12.7. The van der Waals surface area contributed by atoms with Gasteiger partial charge in [0, 0.05) is 29.9 Å². The highest BCUT2D eigenvalue weighted by atomic mass is 35.5. The van der Waals surface area contributed by atoms with E-state index in [1.54, 1.807) is 42.6 Å². The molecule has 38 heavy (non-hydrogen) atoms. The molecule has 0 aliphatic carbocycles. The third-order valence-electron chi connectivity index (χ3n) is 5.20. The van der Waals surface area contributed by atoms with E-state index in [0.29, 0.717) is 33.0 Å². The fourth-order valence-corrected chi connectivity index (χ4v) is 4.22. The fourth-order valence-electron chi connectivity index (χ4n) is 3.39. The molecule has 0 saturated heterocycles. The molecule has 2 heterocycles. The predicted molar refractivity (Wildman–Crippen MR) is 134 cm³/mol. The summed E-state index contributed by atoms with van der Waals surface area (Å²) in [5.74, 6) is -0.194.